The van der Waals surface area contributed by atoms with E-state index in [-0.39, 0.29) is 23.6 Å². The minimum atomic E-state index is -0.486. The second-order valence-corrected chi connectivity index (χ2v) is 6.66. The van der Waals surface area contributed by atoms with Crippen molar-refractivity contribution >= 4 is 5.97 Å². The third-order valence-electron chi connectivity index (χ3n) is 5.60. The Hall–Kier alpha value is -1.35. The summed E-state index contributed by atoms with van der Waals surface area (Å²) in [5.74, 6) is -0.154. The van der Waals surface area contributed by atoms with Crippen LogP contribution in [-0.2, 0) is 20.7 Å². The second-order valence-electron chi connectivity index (χ2n) is 6.66. The first kappa shape index (κ1) is 15.0. The molecule has 1 saturated carbocycles. The van der Waals surface area contributed by atoms with Gasteiger partial charge in [-0.25, -0.2) is 0 Å². The number of ether oxygens (including phenoxy) is 2. The third kappa shape index (κ3) is 1.87. The van der Waals surface area contributed by atoms with Crippen molar-refractivity contribution < 1.29 is 14.3 Å². The highest BCUT2D eigenvalue weighted by Gasteiger charge is 2.81. The van der Waals surface area contributed by atoms with Gasteiger partial charge in [0.2, 0.25) is 0 Å². The summed E-state index contributed by atoms with van der Waals surface area (Å²) < 4.78 is 10.2. The van der Waals surface area contributed by atoms with E-state index in [0.717, 1.165) is 0 Å². The van der Waals surface area contributed by atoms with Gasteiger partial charge in [-0.1, -0.05) is 58.0 Å². The standard InChI is InChI=1S/C17H24O3/c1-15(2)16(3,4)17(15,14(18)20-12-19-5)11-13-9-7-6-8-10-13/h6-10H,11-12H2,1-5H3. The lowest BCUT2D eigenvalue weighted by atomic mass is 9.87. The molecule has 0 radical (unpaired) electrons. The van der Waals surface area contributed by atoms with Gasteiger partial charge in [-0.2, -0.15) is 0 Å². The van der Waals surface area contributed by atoms with Crippen LogP contribution < -0.4 is 0 Å². The maximum absolute atomic E-state index is 12.6. The van der Waals surface area contributed by atoms with E-state index in [1.807, 2.05) is 18.2 Å². The molecule has 1 fully saturated rings. The van der Waals surface area contributed by atoms with Crippen LogP contribution in [-0.4, -0.2) is 19.9 Å². The van der Waals surface area contributed by atoms with E-state index in [4.69, 9.17) is 9.47 Å². The highest BCUT2D eigenvalue weighted by molar-refractivity contribution is 5.84. The number of hydrogen-bond donors (Lipinski definition) is 0. The largest absolute Gasteiger partial charge is 0.438 e. The first-order valence-electron chi connectivity index (χ1n) is 7.01. The molecule has 20 heavy (non-hydrogen) atoms. The van der Waals surface area contributed by atoms with Gasteiger partial charge in [0.1, 0.15) is 0 Å². The van der Waals surface area contributed by atoms with Crippen LogP contribution in [0.15, 0.2) is 30.3 Å². The SMILES string of the molecule is COCOC(=O)C1(Cc2ccccc2)C(C)(C)C1(C)C. The number of rotatable bonds is 5. The van der Waals surface area contributed by atoms with Gasteiger partial charge in [-0.15, -0.1) is 0 Å². The van der Waals surface area contributed by atoms with E-state index >= 15 is 0 Å². The van der Waals surface area contributed by atoms with Gasteiger partial charge in [0, 0.05) is 7.11 Å². The van der Waals surface area contributed by atoms with Crippen molar-refractivity contribution in [1.29, 1.82) is 0 Å². The lowest BCUT2D eigenvalue weighted by Gasteiger charge is -2.20. The van der Waals surface area contributed by atoms with Gasteiger partial charge in [-0.3, -0.25) is 4.79 Å². The number of esters is 1. The lowest BCUT2D eigenvalue weighted by molar-refractivity contribution is -0.163. The first-order valence-corrected chi connectivity index (χ1v) is 7.01. The fraction of sp³-hybridized carbons (Fsp3) is 0.588. The van der Waals surface area contributed by atoms with E-state index in [1.54, 1.807) is 0 Å². The van der Waals surface area contributed by atoms with E-state index in [9.17, 15) is 4.79 Å². The maximum Gasteiger partial charge on any atom is 0.315 e. The van der Waals surface area contributed by atoms with Crippen molar-refractivity contribution in [2.24, 2.45) is 16.2 Å². The molecular formula is C17H24O3. The number of carbonyl (C=O) groups is 1. The van der Waals surface area contributed by atoms with Crippen molar-refractivity contribution in [1.82, 2.24) is 0 Å². The zero-order chi connectivity index (χ0) is 15.0. The van der Waals surface area contributed by atoms with Crippen LogP contribution in [0.1, 0.15) is 33.3 Å². The number of methoxy groups -OCH3 is 1. The van der Waals surface area contributed by atoms with E-state index in [1.165, 1.54) is 12.7 Å². The van der Waals surface area contributed by atoms with Crippen LogP contribution in [0.4, 0.5) is 0 Å². The van der Waals surface area contributed by atoms with Gasteiger partial charge in [0.15, 0.2) is 6.79 Å². The molecule has 3 heteroatoms. The molecule has 1 aromatic carbocycles. The summed E-state index contributed by atoms with van der Waals surface area (Å²) >= 11 is 0. The molecule has 0 N–H and O–H groups in total. The van der Waals surface area contributed by atoms with Crippen LogP contribution in [0.25, 0.3) is 0 Å². The molecule has 0 unspecified atom stereocenters. The van der Waals surface area contributed by atoms with Crippen molar-refractivity contribution in [3.05, 3.63) is 35.9 Å². The predicted octanol–water partition coefficient (Wildman–Crippen LogP) is 3.43. The van der Waals surface area contributed by atoms with E-state index < -0.39 is 5.41 Å². The molecule has 1 aromatic rings. The summed E-state index contributed by atoms with van der Waals surface area (Å²) in [6.45, 7) is 8.59. The van der Waals surface area contributed by atoms with Crippen LogP contribution >= 0.6 is 0 Å². The van der Waals surface area contributed by atoms with Crippen molar-refractivity contribution in [3.8, 4) is 0 Å². The van der Waals surface area contributed by atoms with Crippen LogP contribution in [0, 0.1) is 16.2 Å². The molecule has 3 nitrogen and oxygen atoms in total. The van der Waals surface area contributed by atoms with Gasteiger partial charge >= 0.3 is 5.97 Å². The van der Waals surface area contributed by atoms with Crippen LogP contribution in [0.3, 0.4) is 0 Å². The monoisotopic (exact) mass is 276 g/mol. The number of benzene rings is 1. The fourth-order valence-corrected chi connectivity index (χ4v) is 3.59. The Balaban J connectivity index is 2.31. The average Bonchev–Trinajstić information content (AvgIpc) is 2.76. The van der Waals surface area contributed by atoms with Crippen LogP contribution in [0.2, 0.25) is 0 Å². The molecule has 110 valence electrons. The minimum absolute atomic E-state index is 0.0154. The molecule has 2 rings (SSSR count). The quantitative estimate of drug-likeness (QED) is 0.610. The predicted molar refractivity (Wildman–Crippen MR) is 78.1 cm³/mol. The number of hydrogen-bond acceptors (Lipinski definition) is 3. The summed E-state index contributed by atoms with van der Waals surface area (Å²) in [6.07, 6.45) is 0.705. The molecule has 0 saturated heterocycles. The highest BCUT2D eigenvalue weighted by atomic mass is 16.7. The van der Waals surface area contributed by atoms with Crippen molar-refractivity contribution in [3.63, 3.8) is 0 Å². The molecule has 0 aliphatic heterocycles. The molecule has 0 amide bonds. The Bertz CT molecular complexity index is 474. The van der Waals surface area contributed by atoms with E-state index in [0.29, 0.717) is 6.42 Å². The molecule has 0 bridgehead atoms. The van der Waals surface area contributed by atoms with Gasteiger partial charge in [0.25, 0.3) is 0 Å². The Morgan fingerprint density at radius 2 is 1.60 bits per heavy atom. The zero-order valence-electron chi connectivity index (χ0n) is 13.0. The summed E-state index contributed by atoms with van der Waals surface area (Å²) in [7, 11) is 1.53. The molecule has 0 aromatic heterocycles. The first-order chi connectivity index (χ1) is 9.31. The lowest BCUT2D eigenvalue weighted by Crippen LogP contribution is -2.29. The average molecular weight is 276 g/mol. The summed E-state index contributed by atoms with van der Waals surface area (Å²) in [5.41, 5.74) is 0.488. The van der Waals surface area contributed by atoms with Gasteiger partial charge < -0.3 is 9.47 Å². The summed E-state index contributed by atoms with van der Waals surface area (Å²) in [4.78, 5) is 12.6. The number of carbonyl (C=O) groups excluding carboxylic acids is 1. The van der Waals surface area contributed by atoms with Crippen molar-refractivity contribution in [2.45, 2.75) is 34.1 Å². The molecular weight excluding hydrogens is 252 g/mol. The Kier molecular flexibility index (Phi) is 3.67. The second kappa shape index (κ2) is 4.88. The summed E-state index contributed by atoms with van der Waals surface area (Å²) in [6, 6.07) is 10.1. The Labute approximate surface area is 121 Å². The smallest absolute Gasteiger partial charge is 0.315 e. The summed E-state index contributed by atoms with van der Waals surface area (Å²) in [5, 5.41) is 0. The molecule has 1 aliphatic carbocycles. The zero-order valence-corrected chi connectivity index (χ0v) is 13.0. The van der Waals surface area contributed by atoms with Crippen molar-refractivity contribution in [2.75, 3.05) is 13.9 Å². The Morgan fingerprint density at radius 1 is 1.05 bits per heavy atom. The molecule has 0 atom stereocenters. The fourth-order valence-electron chi connectivity index (χ4n) is 3.59. The highest BCUT2D eigenvalue weighted by Crippen LogP contribution is 2.79. The van der Waals surface area contributed by atoms with E-state index in [2.05, 4.69) is 39.8 Å². The molecule has 0 heterocycles. The molecule has 0 spiro atoms. The van der Waals surface area contributed by atoms with Crippen LogP contribution in [0.5, 0.6) is 0 Å². The minimum Gasteiger partial charge on any atom is -0.438 e. The topological polar surface area (TPSA) is 35.5 Å². The maximum atomic E-state index is 12.6. The normalized spacial score (nSPS) is 21.2. The molecule has 1 aliphatic rings. The Morgan fingerprint density at radius 3 is 2.05 bits per heavy atom. The van der Waals surface area contributed by atoms with Gasteiger partial charge in [-0.05, 0) is 22.8 Å². The third-order valence-corrected chi connectivity index (χ3v) is 5.60. The van der Waals surface area contributed by atoms with Gasteiger partial charge in [0.05, 0.1) is 5.41 Å².